The summed E-state index contributed by atoms with van der Waals surface area (Å²) in [6.45, 7) is 6.43. The van der Waals surface area contributed by atoms with Crippen molar-refractivity contribution in [2.24, 2.45) is 0 Å². The number of halogens is 1. The standard InChI is InChI=1S/C19H21ClN4O/c1-12-9-18-22-13(2)17(14(3)24(18)23-12)7-8-19(25)21-11-15-5-4-6-16(20)10-15/h4-6,9-10H,7-8,11H2,1-3H3,(H,21,25). The number of hydrogen-bond donors (Lipinski definition) is 1. The highest BCUT2D eigenvalue weighted by Crippen LogP contribution is 2.17. The molecule has 6 heteroatoms. The second-order valence-corrected chi connectivity index (χ2v) is 6.66. The monoisotopic (exact) mass is 356 g/mol. The van der Waals surface area contributed by atoms with E-state index in [4.69, 9.17) is 11.6 Å². The summed E-state index contributed by atoms with van der Waals surface area (Å²) in [5, 5.41) is 8.08. The molecule has 0 unspecified atom stereocenters. The van der Waals surface area contributed by atoms with Crippen LogP contribution in [0.25, 0.3) is 5.65 Å². The van der Waals surface area contributed by atoms with Gasteiger partial charge in [0.05, 0.1) is 5.69 Å². The van der Waals surface area contributed by atoms with Gasteiger partial charge in [-0.3, -0.25) is 4.79 Å². The number of carbonyl (C=O) groups is 1. The summed E-state index contributed by atoms with van der Waals surface area (Å²) in [7, 11) is 0. The van der Waals surface area contributed by atoms with Gasteiger partial charge in [0.1, 0.15) is 0 Å². The second-order valence-electron chi connectivity index (χ2n) is 6.22. The predicted octanol–water partition coefficient (Wildman–Crippen LogP) is 3.56. The van der Waals surface area contributed by atoms with Crippen LogP contribution in [-0.2, 0) is 17.8 Å². The van der Waals surface area contributed by atoms with E-state index in [0.717, 1.165) is 33.9 Å². The number of amides is 1. The highest BCUT2D eigenvalue weighted by Gasteiger charge is 2.12. The number of benzene rings is 1. The molecule has 1 N–H and O–H groups in total. The average molecular weight is 357 g/mol. The third-order valence-electron chi connectivity index (χ3n) is 4.27. The molecule has 3 aromatic rings. The van der Waals surface area contributed by atoms with Gasteiger partial charge in [0, 0.05) is 35.4 Å². The van der Waals surface area contributed by atoms with Crippen LogP contribution in [0.2, 0.25) is 5.02 Å². The minimum absolute atomic E-state index is 0.00974. The molecule has 0 bridgehead atoms. The van der Waals surface area contributed by atoms with Crippen LogP contribution in [0.3, 0.4) is 0 Å². The van der Waals surface area contributed by atoms with Crippen molar-refractivity contribution in [3.8, 4) is 0 Å². The zero-order valence-corrected chi connectivity index (χ0v) is 15.4. The van der Waals surface area contributed by atoms with Gasteiger partial charge in [-0.15, -0.1) is 0 Å². The van der Waals surface area contributed by atoms with E-state index < -0.39 is 0 Å². The summed E-state index contributed by atoms with van der Waals surface area (Å²) >= 11 is 5.96. The van der Waals surface area contributed by atoms with Gasteiger partial charge in [0.2, 0.25) is 5.91 Å². The Balaban J connectivity index is 1.65. The highest BCUT2D eigenvalue weighted by atomic mass is 35.5. The summed E-state index contributed by atoms with van der Waals surface area (Å²) in [6, 6.07) is 9.45. The van der Waals surface area contributed by atoms with E-state index in [2.05, 4.69) is 15.4 Å². The van der Waals surface area contributed by atoms with Gasteiger partial charge < -0.3 is 5.32 Å². The third-order valence-corrected chi connectivity index (χ3v) is 4.50. The predicted molar refractivity (Wildman–Crippen MR) is 98.8 cm³/mol. The van der Waals surface area contributed by atoms with Crippen LogP contribution in [0, 0.1) is 20.8 Å². The number of nitrogens with one attached hydrogen (secondary N) is 1. The van der Waals surface area contributed by atoms with Crippen molar-refractivity contribution in [1.29, 1.82) is 0 Å². The number of aromatic nitrogens is 3. The van der Waals surface area contributed by atoms with Crippen LogP contribution in [-0.4, -0.2) is 20.5 Å². The van der Waals surface area contributed by atoms with Crippen molar-refractivity contribution < 1.29 is 4.79 Å². The Morgan fingerprint density at radius 1 is 1.24 bits per heavy atom. The summed E-state index contributed by atoms with van der Waals surface area (Å²) in [4.78, 5) is 16.8. The van der Waals surface area contributed by atoms with Crippen LogP contribution < -0.4 is 5.32 Å². The van der Waals surface area contributed by atoms with E-state index in [1.54, 1.807) is 0 Å². The third kappa shape index (κ3) is 3.99. The van der Waals surface area contributed by atoms with Crippen molar-refractivity contribution in [2.75, 3.05) is 0 Å². The van der Waals surface area contributed by atoms with Crippen LogP contribution in [0.15, 0.2) is 30.3 Å². The number of fused-ring (bicyclic) bond motifs is 1. The van der Waals surface area contributed by atoms with Gasteiger partial charge in [-0.25, -0.2) is 9.50 Å². The van der Waals surface area contributed by atoms with Crippen molar-refractivity contribution in [1.82, 2.24) is 19.9 Å². The maximum atomic E-state index is 12.2. The smallest absolute Gasteiger partial charge is 0.220 e. The average Bonchev–Trinajstić information content (AvgIpc) is 2.93. The maximum Gasteiger partial charge on any atom is 0.220 e. The Kier molecular flexibility index (Phi) is 5.04. The molecule has 25 heavy (non-hydrogen) atoms. The fourth-order valence-corrected chi connectivity index (χ4v) is 3.19. The molecular formula is C19H21ClN4O. The summed E-state index contributed by atoms with van der Waals surface area (Å²) in [5.74, 6) is 0.00974. The molecule has 0 aliphatic rings. The summed E-state index contributed by atoms with van der Waals surface area (Å²) in [6.07, 6.45) is 1.05. The van der Waals surface area contributed by atoms with Gasteiger partial charge >= 0.3 is 0 Å². The quantitative estimate of drug-likeness (QED) is 0.760. The Hall–Kier alpha value is -2.40. The lowest BCUT2D eigenvalue weighted by Crippen LogP contribution is -2.23. The van der Waals surface area contributed by atoms with Crippen LogP contribution in [0.5, 0.6) is 0 Å². The number of carbonyl (C=O) groups excluding carboxylic acids is 1. The first-order chi connectivity index (χ1) is 11.9. The minimum Gasteiger partial charge on any atom is -0.352 e. The lowest BCUT2D eigenvalue weighted by atomic mass is 10.1. The van der Waals surface area contributed by atoms with Gasteiger partial charge in [-0.2, -0.15) is 5.10 Å². The Morgan fingerprint density at radius 2 is 2.04 bits per heavy atom. The van der Waals surface area contributed by atoms with Crippen LogP contribution >= 0.6 is 11.6 Å². The van der Waals surface area contributed by atoms with Crippen molar-refractivity contribution in [3.05, 3.63) is 63.6 Å². The van der Waals surface area contributed by atoms with Crippen LogP contribution in [0.1, 0.15) is 34.6 Å². The van der Waals surface area contributed by atoms with E-state index in [1.807, 2.05) is 55.6 Å². The number of aryl methyl sites for hydroxylation is 3. The molecule has 0 spiro atoms. The van der Waals surface area contributed by atoms with Gasteiger partial charge in [0.15, 0.2) is 5.65 Å². The van der Waals surface area contributed by atoms with E-state index in [-0.39, 0.29) is 5.91 Å². The zero-order chi connectivity index (χ0) is 18.0. The highest BCUT2D eigenvalue weighted by molar-refractivity contribution is 6.30. The lowest BCUT2D eigenvalue weighted by Gasteiger charge is -2.11. The first-order valence-electron chi connectivity index (χ1n) is 8.27. The normalized spacial score (nSPS) is 11.0. The van der Waals surface area contributed by atoms with Crippen molar-refractivity contribution in [2.45, 2.75) is 40.2 Å². The number of hydrogen-bond acceptors (Lipinski definition) is 3. The molecule has 0 aliphatic heterocycles. The molecule has 0 saturated carbocycles. The Morgan fingerprint density at radius 3 is 2.80 bits per heavy atom. The molecule has 0 saturated heterocycles. The molecule has 3 rings (SSSR count). The van der Waals surface area contributed by atoms with E-state index in [9.17, 15) is 4.79 Å². The molecular weight excluding hydrogens is 336 g/mol. The fourth-order valence-electron chi connectivity index (χ4n) is 2.98. The van der Waals surface area contributed by atoms with E-state index >= 15 is 0 Å². The Bertz CT molecular complexity index is 933. The molecule has 0 fully saturated rings. The molecule has 2 heterocycles. The summed E-state index contributed by atoms with van der Waals surface area (Å²) < 4.78 is 1.85. The second kappa shape index (κ2) is 7.23. The minimum atomic E-state index is 0.00974. The molecule has 1 amide bonds. The molecule has 130 valence electrons. The fraction of sp³-hybridized carbons (Fsp3) is 0.316. The van der Waals surface area contributed by atoms with E-state index in [0.29, 0.717) is 24.4 Å². The SMILES string of the molecule is Cc1cc2nc(C)c(CCC(=O)NCc3cccc(Cl)c3)c(C)n2n1. The first-order valence-corrected chi connectivity index (χ1v) is 8.65. The largest absolute Gasteiger partial charge is 0.352 e. The van der Waals surface area contributed by atoms with E-state index in [1.165, 1.54) is 0 Å². The van der Waals surface area contributed by atoms with Crippen molar-refractivity contribution in [3.63, 3.8) is 0 Å². The number of nitrogens with zero attached hydrogens (tertiary/aromatic N) is 3. The van der Waals surface area contributed by atoms with Crippen LogP contribution in [0.4, 0.5) is 0 Å². The molecule has 0 atom stereocenters. The first kappa shape index (κ1) is 17.4. The molecule has 5 nitrogen and oxygen atoms in total. The molecule has 1 aromatic carbocycles. The zero-order valence-electron chi connectivity index (χ0n) is 14.6. The summed E-state index contributed by atoms with van der Waals surface area (Å²) in [5.41, 5.74) is 5.84. The maximum absolute atomic E-state index is 12.2. The van der Waals surface area contributed by atoms with Gasteiger partial charge in [-0.1, -0.05) is 23.7 Å². The lowest BCUT2D eigenvalue weighted by molar-refractivity contribution is -0.121. The molecule has 0 aliphatic carbocycles. The molecule has 0 radical (unpaired) electrons. The van der Waals surface area contributed by atoms with Crippen molar-refractivity contribution >= 4 is 23.2 Å². The molecule has 2 aromatic heterocycles. The van der Waals surface area contributed by atoms with Gasteiger partial charge in [0.25, 0.3) is 0 Å². The Labute approximate surface area is 152 Å². The number of rotatable bonds is 5. The topological polar surface area (TPSA) is 59.3 Å². The van der Waals surface area contributed by atoms with Gasteiger partial charge in [-0.05, 0) is 50.5 Å².